The van der Waals surface area contributed by atoms with E-state index < -0.39 is 11.4 Å². The number of benzene rings is 1. The van der Waals surface area contributed by atoms with E-state index in [0.29, 0.717) is 22.6 Å². The number of ketones is 1. The SMILES string of the molecule is CC(C)(C)c1cc(CC(=O)Cc2ccc(Oc3ccnc4[nH]c(=O)cnc34)cc2F)n(-c2c[c-][n+](O)cc2)n1.[Y]. The summed E-state index contributed by atoms with van der Waals surface area (Å²) >= 11 is 0. The maximum atomic E-state index is 15.0. The molecule has 0 aliphatic heterocycles. The molecule has 0 amide bonds. The summed E-state index contributed by atoms with van der Waals surface area (Å²) in [6.07, 6.45) is 6.54. The van der Waals surface area contributed by atoms with E-state index in [4.69, 9.17) is 4.74 Å². The molecule has 4 heterocycles. The first-order valence-corrected chi connectivity index (χ1v) is 12.1. The molecule has 10 nitrogen and oxygen atoms in total. The molecule has 12 heteroatoms. The summed E-state index contributed by atoms with van der Waals surface area (Å²) in [5.41, 5.74) is 2.22. The van der Waals surface area contributed by atoms with Crippen LogP contribution in [-0.4, -0.2) is 35.7 Å². The van der Waals surface area contributed by atoms with Crippen LogP contribution in [0.2, 0.25) is 0 Å². The van der Waals surface area contributed by atoms with Gasteiger partial charge in [-0.25, -0.2) is 14.4 Å². The molecule has 0 aliphatic carbocycles. The van der Waals surface area contributed by atoms with Gasteiger partial charge in [0.1, 0.15) is 29.1 Å². The van der Waals surface area contributed by atoms with Gasteiger partial charge < -0.3 is 14.9 Å². The summed E-state index contributed by atoms with van der Waals surface area (Å²) in [5.74, 6) is -0.282. The molecule has 0 fully saturated rings. The molecular formula is C28H25FN6O4Y. The number of halogens is 1. The van der Waals surface area contributed by atoms with Gasteiger partial charge in [0.15, 0.2) is 17.6 Å². The summed E-state index contributed by atoms with van der Waals surface area (Å²) < 4.78 is 23.2. The van der Waals surface area contributed by atoms with Crippen LogP contribution >= 0.6 is 0 Å². The van der Waals surface area contributed by atoms with Crippen LogP contribution < -0.4 is 15.0 Å². The first kappa shape index (κ1) is 29.2. The fourth-order valence-electron chi connectivity index (χ4n) is 3.98. The van der Waals surface area contributed by atoms with Gasteiger partial charge in [-0.15, -0.1) is 4.73 Å². The number of pyridine rings is 2. The number of Topliss-reactive ketones (excluding diaryl/α,β-unsaturated/α-hetero) is 1. The minimum atomic E-state index is -0.588. The zero-order valence-electron chi connectivity index (χ0n) is 22.1. The number of aromatic nitrogens is 6. The van der Waals surface area contributed by atoms with Crippen molar-refractivity contribution in [2.45, 2.75) is 39.0 Å². The van der Waals surface area contributed by atoms with Crippen LogP contribution in [0.4, 0.5) is 4.39 Å². The monoisotopic (exact) mass is 617 g/mol. The molecular weight excluding hydrogens is 592 g/mol. The Morgan fingerprint density at radius 2 is 1.98 bits per heavy atom. The van der Waals surface area contributed by atoms with Crippen molar-refractivity contribution in [3.63, 3.8) is 0 Å². The van der Waals surface area contributed by atoms with E-state index in [1.54, 1.807) is 28.9 Å². The number of fused-ring (bicyclic) bond motifs is 1. The number of nitrogens with zero attached hydrogens (tertiary/aromatic N) is 5. The van der Waals surface area contributed by atoms with Gasteiger partial charge >= 0.3 is 0 Å². The standard InChI is InChI=1S/C28H25FN6O4.Y/c1-28(2,3)24-14-19(35(33-24)18-7-10-34(38)11-8-18)13-20(36)12-17-4-5-21(15-22(17)29)39-23-6-9-30-27-26(23)31-16-25(37)32-27;/h4-10,14-16,38H,12-13H2,1-3H3,(H,30,32,37);. The number of hydrogen-bond donors (Lipinski definition) is 2. The Bertz CT molecular complexity index is 1750. The number of ether oxygens (including phenoxy) is 1. The summed E-state index contributed by atoms with van der Waals surface area (Å²) in [6.45, 7) is 6.06. The Kier molecular flexibility index (Phi) is 8.55. The molecule has 201 valence electrons. The molecule has 0 spiro atoms. The molecule has 40 heavy (non-hydrogen) atoms. The van der Waals surface area contributed by atoms with Gasteiger partial charge in [0.05, 0.1) is 11.9 Å². The molecule has 0 saturated heterocycles. The smallest absolute Gasteiger partial charge is 0.268 e. The summed E-state index contributed by atoms with van der Waals surface area (Å²) in [7, 11) is 0. The molecule has 4 aromatic heterocycles. The van der Waals surface area contributed by atoms with Gasteiger partial charge in [0.2, 0.25) is 0 Å². The minimum Gasteiger partial charge on any atom is -0.455 e. The van der Waals surface area contributed by atoms with E-state index in [-0.39, 0.29) is 73.7 Å². The van der Waals surface area contributed by atoms with E-state index in [1.165, 1.54) is 24.5 Å². The molecule has 0 unspecified atom stereocenters. The fourth-order valence-corrected chi connectivity index (χ4v) is 3.98. The van der Waals surface area contributed by atoms with Crippen molar-refractivity contribution in [3.8, 4) is 17.2 Å². The maximum Gasteiger partial charge on any atom is 0.268 e. The molecule has 5 aromatic rings. The average Bonchev–Trinajstić information content (AvgIpc) is 3.30. The van der Waals surface area contributed by atoms with Crippen molar-refractivity contribution in [1.29, 1.82) is 0 Å². The van der Waals surface area contributed by atoms with Gasteiger partial charge in [-0.1, -0.05) is 39.0 Å². The zero-order valence-corrected chi connectivity index (χ0v) is 24.9. The number of hydrogen-bond acceptors (Lipinski definition) is 7. The van der Waals surface area contributed by atoms with Crippen LogP contribution in [-0.2, 0) is 55.8 Å². The summed E-state index contributed by atoms with van der Waals surface area (Å²) in [5, 5.41) is 14.2. The predicted octanol–water partition coefficient (Wildman–Crippen LogP) is 3.41. The van der Waals surface area contributed by atoms with E-state index >= 15 is 4.39 Å². The first-order valence-electron chi connectivity index (χ1n) is 12.1. The Morgan fingerprint density at radius 1 is 1.18 bits per heavy atom. The molecule has 0 atom stereocenters. The van der Waals surface area contributed by atoms with Crippen molar-refractivity contribution < 1.29 is 56.6 Å². The van der Waals surface area contributed by atoms with Gasteiger partial charge in [0, 0.05) is 75.0 Å². The second-order valence-corrected chi connectivity index (χ2v) is 10.0. The van der Waals surface area contributed by atoms with Crippen LogP contribution in [0.25, 0.3) is 16.9 Å². The molecule has 1 aromatic carbocycles. The fraction of sp³-hybridized carbons (Fsp3) is 0.214. The maximum absolute atomic E-state index is 15.0. The topological polar surface area (TPSA) is 127 Å². The largest absolute Gasteiger partial charge is 0.455 e. The van der Waals surface area contributed by atoms with Gasteiger partial charge in [-0.2, -0.15) is 5.10 Å². The van der Waals surface area contributed by atoms with E-state index in [9.17, 15) is 14.8 Å². The summed E-state index contributed by atoms with van der Waals surface area (Å²) in [6, 6.07) is 10.9. The number of H-pyrrole nitrogens is 1. The molecule has 1 radical (unpaired) electrons. The number of carbonyl (C=O) groups excluding carboxylic acids is 1. The number of nitrogens with one attached hydrogen (secondary N) is 1. The van der Waals surface area contributed by atoms with Gasteiger partial charge in [0.25, 0.3) is 5.56 Å². The van der Waals surface area contributed by atoms with Crippen molar-refractivity contribution in [2.75, 3.05) is 0 Å². The summed E-state index contributed by atoms with van der Waals surface area (Å²) in [4.78, 5) is 35.2. The second-order valence-electron chi connectivity index (χ2n) is 10.0. The average molecular weight is 617 g/mol. The van der Waals surface area contributed by atoms with Crippen LogP contribution in [0.1, 0.15) is 37.7 Å². The number of rotatable bonds is 7. The molecule has 0 bridgehead atoms. The second kappa shape index (κ2) is 11.7. The Labute approximate surface area is 253 Å². The molecule has 5 rings (SSSR count). The Hall–Kier alpha value is -3.83. The predicted molar refractivity (Wildman–Crippen MR) is 138 cm³/mol. The van der Waals surface area contributed by atoms with E-state index in [0.717, 1.165) is 16.6 Å². The number of aromatic amines is 1. The van der Waals surface area contributed by atoms with Crippen LogP contribution in [0.5, 0.6) is 11.5 Å². The Morgan fingerprint density at radius 3 is 2.67 bits per heavy atom. The van der Waals surface area contributed by atoms with Crippen LogP contribution in [0.15, 0.2) is 65.8 Å². The third-order valence-corrected chi connectivity index (χ3v) is 5.99. The van der Waals surface area contributed by atoms with Crippen molar-refractivity contribution >= 4 is 16.9 Å². The van der Waals surface area contributed by atoms with E-state index in [2.05, 4.69) is 26.2 Å². The van der Waals surface area contributed by atoms with Crippen LogP contribution in [0.3, 0.4) is 0 Å². The zero-order chi connectivity index (χ0) is 27.7. The van der Waals surface area contributed by atoms with Crippen molar-refractivity contribution in [1.82, 2.24) is 24.7 Å². The third kappa shape index (κ3) is 6.48. The van der Waals surface area contributed by atoms with E-state index in [1.807, 2.05) is 26.8 Å². The third-order valence-electron chi connectivity index (χ3n) is 5.99. The number of carbonyl (C=O) groups is 1. The minimum absolute atomic E-state index is 0. The molecule has 0 aliphatic rings. The Balaban J connectivity index is 0.00000370. The van der Waals surface area contributed by atoms with Crippen LogP contribution in [0, 0.1) is 12.0 Å². The van der Waals surface area contributed by atoms with Gasteiger partial charge in [-0.05, 0) is 23.4 Å². The first-order chi connectivity index (χ1) is 18.6. The van der Waals surface area contributed by atoms with Crippen molar-refractivity contribution in [2.24, 2.45) is 0 Å². The van der Waals surface area contributed by atoms with Crippen molar-refractivity contribution in [3.05, 3.63) is 100 Å². The quantitative estimate of drug-likeness (QED) is 0.163. The molecule has 0 saturated carbocycles. The molecule has 2 N–H and O–H groups in total. The normalized spacial score (nSPS) is 11.3. The van der Waals surface area contributed by atoms with Gasteiger partial charge in [-0.3, -0.25) is 14.3 Å².